The summed E-state index contributed by atoms with van der Waals surface area (Å²) in [7, 11) is 0. The Kier molecular flexibility index (Phi) is 4.96. The molecule has 0 saturated carbocycles. The van der Waals surface area contributed by atoms with Crippen molar-refractivity contribution in [2.75, 3.05) is 11.9 Å². The third-order valence-electron chi connectivity index (χ3n) is 3.41. The average Bonchev–Trinajstić information content (AvgIpc) is 2.89. The van der Waals surface area contributed by atoms with Crippen LogP contribution in [-0.4, -0.2) is 35.0 Å². The molecule has 2 N–H and O–H groups in total. The van der Waals surface area contributed by atoms with Crippen LogP contribution in [0.3, 0.4) is 0 Å². The molecule has 5 nitrogen and oxygen atoms in total. The highest BCUT2D eigenvalue weighted by Crippen LogP contribution is 2.20. The lowest BCUT2D eigenvalue weighted by Crippen LogP contribution is -2.52. The second-order valence-corrected chi connectivity index (χ2v) is 6.96. The molecule has 1 saturated heterocycles. The first kappa shape index (κ1) is 16.6. The Balaban J connectivity index is 2.01. The molecular formula is C16H22ClN3O2. The Hall–Kier alpha value is -1.75. The zero-order chi connectivity index (χ0) is 16.3. The smallest absolute Gasteiger partial charge is 0.322 e. The highest BCUT2D eigenvalue weighted by atomic mass is 35.5. The summed E-state index contributed by atoms with van der Waals surface area (Å²) in [5.41, 5.74) is 0.356. The van der Waals surface area contributed by atoms with Gasteiger partial charge in [-0.1, -0.05) is 11.6 Å². The molecule has 1 atom stereocenters. The second-order valence-electron chi connectivity index (χ2n) is 6.53. The minimum Gasteiger partial charge on any atom is -0.350 e. The second kappa shape index (κ2) is 6.57. The van der Waals surface area contributed by atoms with Crippen molar-refractivity contribution >= 4 is 29.2 Å². The minimum absolute atomic E-state index is 0.101. The van der Waals surface area contributed by atoms with Gasteiger partial charge in [0.15, 0.2) is 0 Å². The largest absolute Gasteiger partial charge is 0.350 e. The third-order valence-corrected chi connectivity index (χ3v) is 3.66. The van der Waals surface area contributed by atoms with Crippen molar-refractivity contribution in [2.45, 2.75) is 45.2 Å². The van der Waals surface area contributed by atoms with Crippen molar-refractivity contribution in [3.05, 3.63) is 29.3 Å². The molecule has 1 aromatic carbocycles. The van der Waals surface area contributed by atoms with E-state index in [0.717, 1.165) is 6.42 Å². The van der Waals surface area contributed by atoms with Crippen molar-refractivity contribution in [1.29, 1.82) is 0 Å². The number of hydrogen-bond acceptors (Lipinski definition) is 2. The van der Waals surface area contributed by atoms with Crippen LogP contribution in [0.15, 0.2) is 24.3 Å². The van der Waals surface area contributed by atoms with Gasteiger partial charge in [0.25, 0.3) is 0 Å². The number of benzene rings is 1. The van der Waals surface area contributed by atoms with Crippen LogP contribution in [0.25, 0.3) is 0 Å². The lowest BCUT2D eigenvalue weighted by atomic mass is 10.1. The summed E-state index contributed by atoms with van der Waals surface area (Å²) >= 11 is 5.83. The van der Waals surface area contributed by atoms with Gasteiger partial charge < -0.3 is 15.5 Å². The van der Waals surface area contributed by atoms with Gasteiger partial charge in [0, 0.05) is 22.8 Å². The van der Waals surface area contributed by atoms with E-state index < -0.39 is 6.04 Å². The number of nitrogens with zero attached hydrogens (tertiary/aromatic N) is 1. The molecule has 1 heterocycles. The molecule has 3 amide bonds. The Bertz CT molecular complexity index is 552. The van der Waals surface area contributed by atoms with E-state index in [9.17, 15) is 9.59 Å². The number of nitrogens with one attached hydrogen (secondary N) is 2. The first-order valence-electron chi connectivity index (χ1n) is 7.41. The molecule has 2 rings (SSSR count). The third kappa shape index (κ3) is 4.37. The summed E-state index contributed by atoms with van der Waals surface area (Å²) in [4.78, 5) is 26.3. The molecule has 1 aromatic rings. The highest BCUT2D eigenvalue weighted by molar-refractivity contribution is 6.30. The van der Waals surface area contributed by atoms with Crippen LogP contribution in [0, 0.1) is 0 Å². The molecule has 0 aromatic heterocycles. The zero-order valence-corrected chi connectivity index (χ0v) is 13.9. The van der Waals surface area contributed by atoms with Gasteiger partial charge in [0.05, 0.1) is 0 Å². The summed E-state index contributed by atoms with van der Waals surface area (Å²) in [6.07, 6.45) is 1.52. The number of halogens is 1. The molecule has 0 radical (unpaired) electrons. The van der Waals surface area contributed by atoms with E-state index in [4.69, 9.17) is 11.6 Å². The van der Waals surface area contributed by atoms with Crippen LogP contribution >= 0.6 is 11.6 Å². The van der Waals surface area contributed by atoms with Crippen LogP contribution in [0.1, 0.15) is 33.6 Å². The Morgan fingerprint density at radius 2 is 1.86 bits per heavy atom. The molecule has 6 heteroatoms. The Morgan fingerprint density at radius 1 is 1.23 bits per heavy atom. The molecule has 120 valence electrons. The molecular weight excluding hydrogens is 302 g/mol. The number of hydrogen-bond donors (Lipinski definition) is 2. The first-order chi connectivity index (χ1) is 10.3. The van der Waals surface area contributed by atoms with Gasteiger partial charge in [-0.2, -0.15) is 0 Å². The van der Waals surface area contributed by atoms with Crippen LogP contribution in [-0.2, 0) is 4.79 Å². The van der Waals surface area contributed by atoms with Gasteiger partial charge in [-0.3, -0.25) is 4.79 Å². The quantitative estimate of drug-likeness (QED) is 0.877. The number of carbonyl (C=O) groups excluding carboxylic acids is 2. The fourth-order valence-corrected chi connectivity index (χ4v) is 2.59. The molecule has 0 aliphatic carbocycles. The van der Waals surface area contributed by atoms with E-state index >= 15 is 0 Å². The number of amides is 3. The molecule has 1 aliphatic heterocycles. The van der Waals surface area contributed by atoms with Crippen LogP contribution in [0.5, 0.6) is 0 Å². The summed E-state index contributed by atoms with van der Waals surface area (Å²) < 4.78 is 0. The van der Waals surface area contributed by atoms with E-state index in [0.29, 0.717) is 23.7 Å². The topological polar surface area (TPSA) is 61.4 Å². The van der Waals surface area contributed by atoms with E-state index in [1.165, 1.54) is 0 Å². The SMILES string of the molecule is CC(C)(C)NC(=O)C1CCCN1C(=O)Nc1ccc(Cl)cc1. The fourth-order valence-electron chi connectivity index (χ4n) is 2.46. The Labute approximate surface area is 136 Å². The summed E-state index contributed by atoms with van der Waals surface area (Å²) in [6.45, 7) is 6.37. The van der Waals surface area contributed by atoms with Crippen LogP contribution in [0.4, 0.5) is 10.5 Å². The van der Waals surface area contributed by atoms with E-state index in [2.05, 4.69) is 10.6 Å². The van der Waals surface area contributed by atoms with Gasteiger partial charge in [0.2, 0.25) is 5.91 Å². The standard InChI is InChI=1S/C16H22ClN3O2/c1-16(2,3)19-14(21)13-5-4-10-20(13)15(22)18-12-8-6-11(17)7-9-12/h6-9,13H,4-5,10H2,1-3H3,(H,18,22)(H,19,21). The summed E-state index contributed by atoms with van der Waals surface area (Å²) in [6, 6.07) is 6.23. The summed E-state index contributed by atoms with van der Waals surface area (Å²) in [5.74, 6) is -0.101. The molecule has 1 aliphatic rings. The normalized spacial score (nSPS) is 18.2. The van der Waals surface area contributed by atoms with Gasteiger partial charge in [-0.05, 0) is 57.9 Å². The van der Waals surface area contributed by atoms with Crippen LogP contribution in [0.2, 0.25) is 5.02 Å². The zero-order valence-electron chi connectivity index (χ0n) is 13.1. The number of anilines is 1. The molecule has 0 bridgehead atoms. The van der Waals surface area contributed by atoms with Crippen molar-refractivity contribution in [3.8, 4) is 0 Å². The molecule has 1 fully saturated rings. The maximum absolute atomic E-state index is 12.4. The van der Waals surface area contributed by atoms with E-state index in [1.807, 2.05) is 20.8 Å². The maximum Gasteiger partial charge on any atom is 0.322 e. The van der Waals surface area contributed by atoms with Crippen molar-refractivity contribution in [1.82, 2.24) is 10.2 Å². The van der Waals surface area contributed by atoms with Crippen LogP contribution < -0.4 is 10.6 Å². The van der Waals surface area contributed by atoms with E-state index in [-0.39, 0.29) is 17.5 Å². The fraction of sp³-hybridized carbons (Fsp3) is 0.500. The van der Waals surface area contributed by atoms with Gasteiger partial charge in [-0.15, -0.1) is 0 Å². The number of carbonyl (C=O) groups is 2. The predicted octanol–water partition coefficient (Wildman–Crippen LogP) is 3.25. The van der Waals surface area contributed by atoms with Crippen molar-refractivity contribution in [2.24, 2.45) is 0 Å². The maximum atomic E-state index is 12.4. The lowest BCUT2D eigenvalue weighted by Gasteiger charge is -2.28. The van der Waals surface area contributed by atoms with Gasteiger partial charge in [-0.25, -0.2) is 4.79 Å². The van der Waals surface area contributed by atoms with Gasteiger partial charge in [0.1, 0.15) is 6.04 Å². The summed E-state index contributed by atoms with van der Waals surface area (Å²) in [5, 5.41) is 6.36. The van der Waals surface area contributed by atoms with Crippen molar-refractivity contribution < 1.29 is 9.59 Å². The first-order valence-corrected chi connectivity index (χ1v) is 7.79. The number of rotatable bonds is 2. The average molecular weight is 324 g/mol. The minimum atomic E-state index is -0.411. The number of likely N-dealkylation sites (tertiary alicyclic amines) is 1. The Morgan fingerprint density at radius 3 is 2.45 bits per heavy atom. The van der Waals surface area contributed by atoms with Gasteiger partial charge >= 0.3 is 6.03 Å². The lowest BCUT2D eigenvalue weighted by molar-refractivity contribution is -0.126. The predicted molar refractivity (Wildman–Crippen MR) is 88.1 cm³/mol. The molecule has 22 heavy (non-hydrogen) atoms. The number of urea groups is 1. The van der Waals surface area contributed by atoms with Crippen molar-refractivity contribution in [3.63, 3.8) is 0 Å². The molecule has 0 spiro atoms. The highest BCUT2D eigenvalue weighted by Gasteiger charge is 2.35. The monoisotopic (exact) mass is 323 g/mol. The molecule has 1 unspecified atom stereocenters. The van der Waals surface area contributed by atoms with E-state index in [1.54, 1.807) is 29.2 Å².